The molecule has 2 N–H and O–H groups in total. The lowest BCUT2D eigenvalue weighted by atomic mass is 10.1. The van der Waals surface area contributed by atoms with Crippen molar-refractivity contribution in [3.63, 3.8) is 0 Å². The van der Waals surface area contributed by atoms with E-state index < -0.39 is 21.6 Å². The van der Waals surface area contributed by atoms with Crippen LogP contribution in [0.4, 0.5) is 0 Å². The van der Waals surface area contributed by atoms with Crippen molar-refractivity contribution in [3.05, 3.63) is 23.7 Å². The third-order valence-corrected chi connectivity index (χ3v) is 4.25. The maximum atomic E-state index is 11.8. The molecule has 18 heavy (non-hydrogen) atoms. The first kappa shape index (κ1) is 13.2. The lowest BCUT2D eigenvalue weighted by Gasteiger charge is -2.13. The highest BCUT2D eigenvalue weighted by Gasteiger charge is 2.68. The summed E-state index contributed by atoms with van der Waals surface area (Å²) in [5.41, 5.74) is 4.10. The maximum Gasteiger partial charge on any atom is 0.273 e. The molecular formula is C11H12Cl2N2O3. The number of nitrogens with one attached hydrogen (secondary N) is 2. The Balaban J connectivity index is 1.92. The zero-order valence-corrected chi connectivity index (χ0v) is 11.4. The minimum atomic E-state index is -1.06. The van der Waals surface area contributed by atoms with Crippen molar-refractivity contribution in [3.8, 4) is 0 Å². The highest BCUT2D eigenvalue weighted by Crippen LogP contribution is 2.63. The van der Waals surface area contributed by atoms with Gasteiger partial charge < -0.3 is 4.42 Å². The molecule has 1 unspecified atom stereocenters. The first-order chi connectivity index (χ1) is 8.28. The van der Waals surface area contributed by atoms with Crippen molar-refractivity contribution >= 4 is 35.0 Å². The Morgan fingerprint density at radius 1 is 1.39 bits per heavy atom. The molecule has 1 aromatic rings. The van der Waals surface area contributed by atoms with Gasteiger partial charge in [-0.2, -0.15) is 0 Å². The van der Waals surface area contributed by atoms with Gasteiger partial charge in [0.25, 0.3) is 5.91 Å². The molecule has 1 aromatic heterocycles. The van der Waals surface area contributed by atoms with E-state index in [9.17, 15) is 9.59 Å². The topological polar surface area (TPSA) is 71.3 Å². The Labute approximate surface area is 114 Å². The molecule has 1 fully saturated rings. The number of aryl methyl sites for hydroxylation is 1. The van der Waals surface area contributed by atoms with Crippen LogP contribution in [0.25, 0.3) is 0 Å². The molecule has 1 atom stereocenters. The van der Waals surface area contributed by atoms with Gasteiger partial charge in [0.1, 0.15) is 10.1 Å². The van der Waals surface area contributed by atoms with Gasteiger partial charge in [-0.15, -0.1) is 23.2 Å². The van der Waals surface area contributed by atoms with Gasteiger partial charge in [-0.05, 0) is 26.3 Å². The number of furan rings is 1. The first-order valence-electron chi connectivity index (χ1n) is 5.31. The van der Waals surface area contributed by atoms with Crippen LogP contribution in [-0.4, -0.2) is 16.1 Å². The summed E-state index contributed by atoms with van der Waals surface area (Å²) in [6.07, 6.45) is 1.76. The largest absolute Gasteiger partial charge is 0.469 e. The number of amides is 2. The summed E-state index contributed by atoms with van der Waals surface area (Å²) >= 11 is 11.7. The SMILES string of the molecule is Cc1occc1C(=O)NNC(=O)C1(C)CC1(Cl)Cl. The Morgan fingerprint density at radius 2 is 2.00 bits per heavy atom. The van der Waals surface area contributed by atoms with Crippen LogP contribution < -0.4 is 10.9 Å². The number of hydrogen-bond donors (Lipinski definition) is 2. The predicted octanol–water partition coefficient (Wildman–Crippen LogP) is 1.93. The number of alkyl halides is 2. The first-order valence-corrected chi connectivity index (χ1v) is 6.06. The monoisotopic (exact) mass is 290 g/mol. The number of carbonyl (C=O) groups excluding carboxylic acids is 2. The zero-order valence-electron chi connectivity index (χ0n) is 9.84. The Bertz CT molecular complexity index is 512. The molecule has 2 rings (SSSR count). The van der Waals surface area contributed by atoms with Crippen LogP contribution in [0.2, 0.25) is 0 Å². The van der Waals surface area contributed by atoms with Crippen LogP contribution >= 0.6 is 23.2 Å². The van der Waals surface area contributed by atoms with Gasteiger partial charge in [0, 0.05) is 0 Å². The van der Waals surface area contributed by atoms with Crippen molar-refractivity contribution in [1.29, 1.82) is 0 Å². The quantitative estimate of drug-likeness (QED) is 0.646. The molecule has 7 heteroatoms. The summed E-state index contributed by atoms with van der Waals surface area (Å²) < 4.78 is 3.93. The smallest absolute Gasteiger partial charge is 0.273 e. The van der Waals surface area contributed by atoms with Gasteiger partial charge >= 0.3 is 0 Å². The van der Waals surface area contributed by atoms with E-state index >= 15 is 0 Å². The fourth-order valence-corrected chi connectivity index (χ4v) is 2.29. The summed E-state index contributed by atoms with van der Waals surface area (Å²) in [5, 5.41) is 0. The van der Waals surface area contributed by atoms with Crippen LogP contribution in [0.1, 0.15) is 29.5 Å². The van der Waals surface area contributed by atoms with E-state index in [1.807, 2.05) is 0 Å². The van der Waals surface area contributed by atoms with Crippen LogP contribution in [-0.2, 0) is 4.79 Å². The van der Waals surface area contributed by atoms with E-state index in [0.717, 1.165) is 0 Å². The van der Waals surface area contributed by atoms with E-state index in [2.05, 4.69) is 10.9 Å². The molecule has 0 aliphatic heterocycles. The number of rotatable bonds is 2. The zero-order chi connectivity index (χ0) is 13.6. The molecular weight excluding hydrogens is 279 g/mol. The minimum Gasteiger partial charge on any atom is -0.469 e. The van der Waals surface area contributed by atoms with Gasteiger partial charge in [0.15, 0.2) is 0 Å². The molecule has 0 aromatic carbocycles. The molecule has 2 amide bonds. The van der Waals surface area contributed by atoms with E-state index in [-0.39, 0.29) is 0 Å². The van der Waals surface area contributed by atoms with Gasteiger partial charge in [-0.3, -0.25) is 20.4 Å². The second-order valence-corrected chi connectivity index (χ2v) is 6.00. The van der Waals surface area contributed by atoms with Crippen molar-refractivity contribution in [2.24, 2.45) is 5.41 Å². The third kappa shape index (κ3) is 2.08. The lowest BCUT2D eigenvalue weighted by Crippen LogP contribution is -2.45. The van der Waals surface area contributed by atoms with Gasteiger partial charge in [-0.1, -0.05) is 0 Å². The number of carbonyl (C=O) groups is 2. The fraction of sp³-hybridized carbons (Fsp3) is 0.455. The molecule has 0 saturated heterocycles. The van der Waals surface area contributed by atoms with Gasteiger partial charge in [0.2, 0.25) is 5.91 Å². The molecule has 1 aliphatic rings. The highest BCUT2D eigenvalue weighted by atomic mass is 35.5. The van der Waals surface area contributed by atoms with E-state index in [0.29, 0.717) is 17.7 Å². The van der Waals surface area contributed by atoms with E-state index in [1.54, 1.807) is 13.8 Å². The second kappa shape index (κ2) is 4.17. The minimum absolute atomic E-state index is 0.357. The van der Waals surface area contributed by atoms with Gasteiger partial charge in [-0.25, -0.2) is 0 Å². The van der Waals surface area contributed by atoms with E-state index in [1.165, 1.54) is 12.3 Å². The van der Waals surface area contributed by atoms with E-state index in [4.69, 9.17) is 27.6 Å². The molecule has 1 aliphatic carbocycles. The van der Waals surface area contributed by atoms with Crippen LogP contribution in [0.3, 0.4) is 0 Å². The van der Waals surface area contributed by atoms with Gasteiger partial charge in [0.05, 0.1) is 17.2 Å². The average molecular weight is 291 g/mol. The molecule has 0 bridgehead atoms. The number of hydrogen-bond acceptors (Lipinski definition) is 3. The molecule has 1 heterocycles. The lowest BCUT2D eigenvalue weighted by molar-refractivity contribution is -0.126. The Hall–Kier alpha value is -1.20. The summed E-state index contributed by atoms with van der Waals surface area (Å²) in [6, 6.07) is 1.52. The summed E-state index contributed by atoms with van der Waals surface area (Å²) in [6.45, 7) is 3.29. The maximum absolute atomic E-state index is 11.8. The summed E-state index contributed by atoms with van der Waals surface area (Å²) in [5.74, 6) is -0.390. The Morgan fingerprint density at radius 3 is 2.44 bits per heavy atom. The van der Waals surface area contributed by atoms with Crippen molar-refractivity contribution in [1.82, 2.24) is 10.9 Å². The molecule has 5 nitrogen and oxygen atoms in total. The second-order valence-electron chi connectivity index (χ2n) is 4.51. The van der Waals surface area contributed by atoms with Crippen LogP contribution in [0, 0.1) is 12.3 Å². The fourth-order valence-electron chi connectivity index (χ4n) is 1.59. The number of hydrazine groups is 1. The van der Waals surface area contributed by atoms with Crippen LogP contribution in [0.15, 0.2) is 16.7 Å². The summed E-state index contributed by atoms with van der Waals surface area (Å²) in [4.78, 5) is 23.5. The van der Waals surface area contributed by atoms with Crippen molar-refractivity contribution in [2.45, 2.75) is 24.6 Å². The average Bonchev–Trinajstić information content (AvgIpc) is 2.61. The van der Waals surface area contributed by atoms with Crippen molar-refractivity contribution < 1.29 is 14.0 Å². The molecule has 0 spiro atoms. The number of halogens is 2. The molecule has 0 radical (unpaired) electrons. The molecule has 1 saturated carbocycles. The highest BCUT2D eigenvalue weighted by molar-refractivity contribution is 6.53. The Kier molecular flexibility index (Phi) is 3.07. The predicted molar refractivity (Wildman–Crippen MR) is 66.2 cm³/mol. The standard InChI is InChI=1S/C11H12Cl2N2O3/c1-6-7(3-4-18-6)8(16)14-15-9(17)10(2)5-11(10,12)13/h3-4H,5H2,1-2H3,(H,14,16)(H,15,17). The van der Waals surface area contributed by atoms with Crippen molar-refractivity contribution in [2.75, 3.05) is 0 Å². The summed E-state index contributed by atoms with van der Waals surface area (Å²) in [7, 11) is 0. The normalized spacial score (nSPS) is 24.4. The third-order valence-electron chi connectivity index (χ3n) is 3.15. The van der Waals surface area contributed by atoms with Crippen LogP contribution in [0.5, 0.6) is 0 Å². The molecule has 98 valence electrons.